The minimum Gasteiger partial charge on any atom is -0.381 e. The maximum Gasteiger partial charge on any atom is 0.239 e. The van der Waals surface area contributed by atoms with E-state index in [0.717, 1.165) is 45.6 Å². The highest BCUT2D eigenvalue weighted by Crippen LogP contribution is 2.17. The SMILES string of the molecule is CN(CC1CCOCC1)C(=O)C1CCCCN1. The number of nitrogens with one attached hydrogen (secondary N) is 1. The van der Waals surface area contributed by atoms with Crippen molar-refractivity contribution in [1.29, 1.82) is 0 Å². The summed E-state index contributed by atoms with van der Waals surface area (Å²) < 4.78 is 5.34. The number of piperidine rings is 1. The van der Waals surface area contributed by atoms with Crippen molar-refractivity contribution in [2.45, 2.75) is 38.1 Å². The van der Waals surface area contributed by atoms with E-state index in [-0.39, 0.29) is 11.9 Å². The quantitative estimate of drug-likeness (QED) is 0.800. The monoisotopic (exact) mass is 240 g/mol. The summed E-state index contributed by atoms with van der Waals surface area (Å²) in [6.07, 6.45) is 5.56. The van der Waals surface area contributed by atoms with E-state index < -0.39 is 0 Å². The smallest absolute Gasteiger partial charge is 0.239 e. The Morgan fingerprint density at radius 2 is 2.06 bits per heavy atom. The van der Waals surface area contributed by atoms with Crippen molar-refractivity contribution < 1.29 is 9.53 Å². The van der Waals surface area contributed by atoms with Crippen LogP contribution >= 0.6 is 0 Å². The van der Waals surface area contributed by atoms with Crippen LogP contribution in [0.15, 0.2) is 0 Å². The minimum atomic E-state index is 0.0635. The van der Waals surface area contributed by atoms with E-state index >= 15 is 0 Å². The number of nitrogens with zero attached hydrogens (tertiary/aromatic N) is 1. The van der Waals surface area contributed by atoms with E-state index in [1.54, 1.807) is 0 Å². The minimum absolute atomic E-state index is 0.0635. The number of ether oxygens (including phenoxy) is 1. The number of likely N-dealkylation sites (N-methyl/N-ethyl adjacent to an activating group) is 1. The third-order valence-corrected chi connectivity index (χ3v) is 3.86. The molecule has 0 aromatic carbocycles. The van der Waals surface area contributed by atoms with E-state index in [9.17, 15) is 4.79 Å². The zero-order valence-corrected chi connectivity index (χ0v) is 10.8. The number of amides is 1. The van der Waals surface area contributed by atoms with Crippen LogP contribution in [0.3, 0.4) is 0 Å². The van der Waals surface area contributed by atoms with Gasteiger partial charge in [0.1, 0.15) is 0 Å². The molecule has 17 heavy (non-hydrogen) atoms. The highest BCUT2D eigenvalue weighted by molar-refractivity contribution is 5.81. The summed E-state index contributed by atoms with van der Waals surface area (Å²) in [5.74, 6) is 0.900. The van der Waals surface area contributed by atoms with Gasteiger partial charge >= 0.3 is 0 Å². The van der Waals surface area contributed by atoms with Gasteiger partial charge < -0.3 is 15.0 Å². The molecule has 4 heteroatoms. The Balaban J connectivity index is 1.77. The second-order valence-electron chi connectivity index (χ2n) is 5.28. The number of hydrogen-bond donors (Lipinski definition) is 1. The van der Waals surface area contributed by atoms with E-state index in [1.807, 2.05) is 11.9 Å². The Morgan fingerprint density at radius 1 is 1.29 bits per heavy atom. The molecule has 0 aliphatic carbocycles. The first-order chi connectivity index (χ1) is 8.27. The normalized spacial score (nSPS) is 26.8. The lowest BCUT2D eigenvalue weighted by molar-refractivity contribution is -0.133. The molecule has 2 aliphatic rings. The van der Waals surface area contributed by atoms with Gasteiger partial charge in [0, 0.05) is 26.8 Å². The maximum atomic E-state index is 12.2. The molecular weight excluding hydrogens is 216 g/mol. The predicted molar refractivity (Wildman–Crippen MR) is 66.8 cm³/mol. The van der Waals surface area contributed by atoms with Gasteiger partial charge in [-0.15, -0.1) is 0 Å². The van der Waals surface area contributed by atoms with Crippen LogP contribution in [0.1, 0.15) is 32.1 Å². The number of hydrogen-bond acceptors (Lipinski definition) is 3. The third-order valence-electron chi connectivity index (χ3n) is 3.86. The zero-order chi connectivity index (χ0) is 12.1. The third kappa shape index (κ3) is 3.68. The van der Waals surface area contributed by atoms with Crippen LogP contribution in [0.25, 0.3) is 0 Å². The van der Waals surface area contributed by atoms with Gasteiger partial charge in [-0.2, -0.15) is 0 Å². The van der Waals surface area contributed by atoms with Gasteiger partial charge in [-0.25, -0.2) is 0 Å². The zero-order valence-electron chi connectivity index (χ0n) is 10.8. The molecule has 98 valence electrons. The van der Waals surface area contributed by atoms with Gasteiger partial charge in [0.05, 0.1) is 6.04 Å². The second-order valence-corrected chi connectivity index (χ2v) is 5.28. The molecular formula is C13H24N2O2. The molecule has 4 nitrogen and oxygen atoms in total. The first kappa shape index (κ1) is 12.8. The summed E-state index contributed by atoms with van der Waals surface area (Å²) in [7, 11) is 1.94. The Bertz CT molecular complexity index is 246. The Hall–Kier alpha value is -0.610. The Morgan fingerprint density at radius 3 is 2.71 bits per heavy atom. The predicted octanol–water partition coefficient (Wildman–Crippen LogP) is 1.01. The lowest BCUT2D eigenvalue weighted by atomic mass is 9.98. The fourth-order valence-electron chi connectivity index (χ4n) is 2.73. The highest BCUT2D eigenvalue weighted by Gasteiger charge is 2.25. The molecule has 0 radical (unpaired) electrons. The van der Waals surface area contributed by atoms with Crippen LogP contribution in [0.5, 0.6) is 0 Å². The fraction of sp³-hybridized carbons (Fsp3) is 0.923. The highest BCUT2D eigenvalue weighted by atomic mass is 16.5. The van der Waals surface area contributed by atoms with Crippen LogP contribution in [0.4, 0.5) is 0 Å². The van der Waals surface area contributed by atoms with Gasteiger partial charge in [0.25, 0.3) is 0 Å². The van der Waals surface area contributed by atoms with Crippen molar-refractivity contribution in [2.75, 3.05) is 33.4 Å². The van der Waals surface area contributed by atoms with E-state index in [0.29, 0.717) is 5.92 Å². The van der Waals surface area contributed by atoms with Crippen LogP contribution < -0.4 is 5.32 Å². The first-order valence-corrected chi connectivity index (χ1v) is 6.83. The topological polar surface area (TPSA) is 41.6 Å². The van der Waals surface area contributed by atoms with E-state index in [1.165, 1.54) is 12.8 Å². The molecule has 0 aromatic rings. The molecule has 0 spiro atoms. The molecule has 0 bridgehead atoms. The van der Waals surface area contributed by atoms with Crippen molar-refractivity contribution in [3.8, 4) is 0 Å². The molecule has 2 rings (SSSR count). The first-order valence-electron chi connectivity index (χ1n) is 6.83. The van der Waals surface area contributed by atoms with Gasteiger partial charge in [0.15, 0.2) is 0 Å². The van der Waals surface area contributed by atoms with Crippen molar-refractivity contribution in [1.82, 2.24) is 10.2 Å². The molecule has 2 heterocycles. The largest absolute Gasteiger partial charge is 0.381 e. The van der Waals surface area contributed by atoms with E-state index in [4.69, 9.17) is 4.74 Å². The van der Waals surface area contributed by atoms with Crippen molar-refractivity contribution in [3.63, 3.8) is 0 Å². The van der Waals surface area contributed by atoms with Crippen LogP contribution in [-0.2, 0) is 9.53 Å². The van der Waals surface area contributed by atoms with Gasteiger partial charge in [-0.1, -0.05) is 6.42 Å². The molecule has 2 fully saturated rings. The second kappa shape index (κ2) is 6.36. The van der Waals surface area contributed by atoms with E-state index in [2.05, 4.69) is 5.32 Å². The standard InChI is InChI=1S/C13H24N2O2/c1-15(10-11-5-8-17-9-6-11)13(16)12-4-2-3-7-14-12/h11-12,14H,2-10H2,1H3. The Kier molecular flexibility index (Phi) is 4.80. The van der Waals surface area contributed by atoms with Crippen molar-refractivity contribution in [2.24, 2.45) is 5.92 Å². The molecule has 2 saturated heterocycles. The van der Waals surface area contributed by atoms with Gasteiger partial charge in [-0.3, -0.25) is 4.79 Å². The molecule has 0 saturated carbocycles. The number of carbonyl (C=O) groups is 1. The van der Waals surface area contributed by atoms with Crippen molar-refractivity contribution in [3.05, 3.63) is 0 Å². The summed E-state index contributed by atoms with van der Waals surface area (Å²) in [5, 5.41) is 3.32. The summed E-state index contributed by atoms with van der Waals surface area (Å²) in [5.41, 5.74) is 0. The average molecular weight is 240 g/mol. The molecule has 0 aromatic heterocycles. The number of carbonyl (C=O) groups excluding carboxylic acids is 1. The fourth-order valence-corrected chi connectivity index (χ4v) is 2.73. The number of rotatable bonds is 3. The molecule has 2 aliphatic heterocycles. The van der Waals surface area contributed by atoms with Crippen LogP contribution in [0.2, 0.25) is 0 Å². The molecule has 1 atom stereocenters. The van der Waals surface area contributed by atoms with Gasteiger partial charge in [0.2, 0.25) is 5.91 Å². The lowest BCUT2D eigenvalue weighted by Gasteiger charge is -2.31. The van der Waals surface area contributed by atoms with Crippen LogP contribution in [-0.4, -0.2) is 50.2 Å². The summed E-state index contributed by atoms with van der Waals surface area (Å²) >= 11 is 0. The van der Waals surface area contributed by atoms with Crippen molar-refractivity contribution >= 4 is 5.91 Å². The molecule has 1 amide bonds. The molecule has 1 N–H and O–H groups in total. The summed E-state index contributed by atoms with van der Waals surface area (Å²) in [4.78, 5) is 14.1. The lowest BCUT2D eigenvalue weighted by Crippen LogP contribution is -2.48. The maximum absolute atomic E-state index is 12.2. The Labute approximate surface area is 104 Å². The van der Waals surface area contributed by atoms with Crippen LogP contribution in [0, 0.1) is 5.92 Å². The van der Waals surface area contributed by atoms with Gasteiger partial charge in [-0.05, 0) is 38.1 Å². The summed E-state index contributed by atoms with van der Waals surface area (Å²) in [6, 6.07) is 0.0635. The molecule has 1 unspecified atom stereocenters. The summed E-state index contributed by atoms with van der Waals surface area (Å²) in [6.45, 7) is 3.59. The average Bonchev–Trinajstić information content (AvgIpc) is 2.40.